The molecule has 0 radical (unpaired) electrons. The molecule has 6 atom stereocenters. The van der Waals surface area contributed by atoms with Gasteiger partial charge in [0.15, 0.2) is 0 Å². The number of likely N-dealkylation sites (N-methyl/N-ethyl adjacent to an activating group) is 2. The van der Waals surface area contributed by atoms with Gasteiger partial charge in [-0.2, -0.15) is 0 Å². The summed E-state index contributed by atoms with van der Waals surface area (Å²) in [4.78, 5) is 4.65. The molecule has 0 spiro atoms. The maximum atomic E-state index is 9.26. The first-order valence-electron chi connectivity index (χ1n) is 10.1. The molecule has 0 aromatic carbocycles. The van der Waals surface area contributed by atoms with Gasteiger partial charge in [0.2, 0.25) is 0 Å². The van der Waals surface area contributed by atoms with Gasteiger partial charge in [-0.05, 0) is 75.3 Å². The fourth-order valence-electron chi connectivity index (χ4n) is 5.81. The third-order valence-electron chi connectivity index (χ3n) is 7.19. The first-order chi connectivity index (χ1) is 11.5. The average Bonchev–Trinajstić information content (AvgIpc) is 3.44. The topological polar surface area (TPSA) is 46.9 Å². The molecular weight excluding hydrogens is 300 g/mol. The van der Waals surface area contributed by atoms with Crippen molar-refractivity contribution in [1.82, 2.24) is 9.80 Å². The summed E-state index contributed by atoms with van der Waals surface area (Å²) in [7, 11) is 4.28. The molecule has 2 aliphatic heterocycles. The van der Waals surface area contributed by atoms with Crippen LogP contribution >= 0.6 is 0 Å². The Balaban J connectivity index is 0.000000141. The number of aliphatic hydroxyl groups is 2. The van der Waals surface area contributed by atoms with Gasteiger partial charge in [0.25, 0.3) is 0 Å². The van der Waals surface area contributed by atoms with Gasteiger partial charge in [-0.1, -0.05) is 13.8 Å². The van der Waals surface area contributed by atoms with E-state index >= 15 is 0 Å². The van der Waals surface area contributed by atoms with Gasteiger partial charge in [-0.3, -0.25) is 0 Å². The molecule has 0 aromatic heterocycles. The molecule has 2 unspecified atom stereocenters. The van der Waals surface area contributed by atoms with Gasteiger partial charge in [0.05, 0.1) is 13.2 Å². The Hall–Kier alpha value is -0.160. The first kappa shape index (κ1) is 18.6. The number of hydrogen-bond acceptors (Lipinski definition) is 4. The summed E-state index contributed by atoms with van der Waals surface area (Å²) in [5.74, 6) is 5.00. The average molecular weight is 339 g/mol. The van der Waals surface area contributed by atoms with Crippen LogP contribution in [-0.4, -0.2) is 72.5 Å². The SMILES string of the molecule is CC1CN(C)[C@@H](CO)[C@H]1C1CC1.C[C@H]1CN(C)C(CO)[C@H]1C1CC1. The highest BCUT2D eigenvalue weighted by atomic mass is 16.3. The van der Waals surface area contributed by atoms with Gasteiger partial charge in [0.1, 0.15) is 0 Å². The van der Waals surface area contributed by atoms with Crippen molar-refractivity contribution in [2.24, 2.45) is 35.5 Å². The van der Waals surface area contributed by atoms with E-state index in [2.05, 4.69) is 37.7 Å². The second-order valence-electron chi connectivity index (χ2n) is 9.16. The lowest BCUT2D eigenvalue weighted by Gasteiger charge is -2.23. The number of nitrogens with zero attached hydrogens (tertiary/aromatic N) is 2. The number of hydrogen-bond donors (Lipinski definition) is 2. The Kier molecular flexibility index (Phi) is 5.90. The van der Waals surface area contributed by atoms with Crippen LogP contribution in [0.4, 0.5) is 0 Å². The van der Waals surface area contributed by atoms with Crippen molar-refractivity contribution in [3.63, 3.8) is 0 Å². The number of aliphatic hydroxyl groups excluding tert-OH is 2. The minimum absolute atomic E-state index is 0.349. The highest BCUT2D eigenvalue weighted by Crippen LogP contribution is 2.47. The van der Waals surface area contributed by atoms with Crippen molar-refractivity contribution >= 4 is 0 Å². The molecule has 4 heteroatoms. The van der Waals surface area contributed by atoms with Crippen molar-refractivity contribution in [3.05, 3.63) is 0 Å². The highest BCUT2D eigenvalue weighted by molar-refractivity contribution is 4.98. The monoisotopic (exact) mass is 338 g/mol. The van der Waals surface area contributed by atoms with E-state index in [9.17, 15) is 10.2 Å². The summed E-state index contributed by atoms with van der Waals surface area (Å²) in [6, 6.07) is 0.903. The Morgan fingerprint density at radius 2 is 1.04 bits per heavy atom. The van der Waals surface area contributed by atoms with Gasteiger partial charge in [-0.15, -0.1) is 0 Å². The lowest BCUT2D eigenvalue weighted by molar-refractivity contribution is 0.145. The summed E-state index contributed by atoms with van der Waals surface area (Å²) in [5, 5.41) is 18.5. The Morgan fingerprint density at radius 3 is 1.29 bits per heavy atom. The van der Waals surface area contributed by atoms with Crippen LogP contribution in [-0.2, 0) is 0 Å². The molecule has 2 aliphatic carbocycles. The van der Waals surface area contributed by atoms with Crippen molar-refractivity contribution in [3.8, 4) is 0 Å². The van der Waals surface area contributed by atoms with E-state index < -0.39 is 0 Å². The molecule has 2 saturated heterocycles. The third kappa shape index (κ3) is 3.82. The van der Waals surface area contributed by atoms with E-state index in [1.54, 1.807) is 0 Å². The molecule has 4 rings (SSSR count). The summed E-state index contributed by atoms with van der Waals surface area (Å²) >= 11 is 0. The highest BCUT2D eigenvalue weighted by Gasteiger charge is 2.46. The zero-order chi connectivity index (χ0) is 17.4. The van der Waals surface area contributed by atoms with E-state index in [-0.39, 0.29) is 0 Å². The van der Waals surface area contributed by atoms with Gasteiger partial charge in [0, 0.05) is 25.2 Å². The molecule has 2 heterocycles. The molecule has 0 amide bonds. The number of rotatable bonds is 4. The van der Waals surface area contributed by atoms with E-state index in [1.807, 2.05) is 0 Å². The smallest absolute Gasteiger partial charge is 0.0589 e. The van der Waals surface area contributed by atoms with Crippen LogP contribution in [0.25, 0.3) is 0 Å². The van der Waals surface area contributed by atoms with Crippen LogP contribution in [0.3, 0.4) is 0 Å². The van der Waals surface area contributed by atoms with Gasteiger partial charge >= 0.3 is 0 Å². The molecule has 2 saturated carbocycles. The quantitative estimate of drug-likeness (QED) is 0.822. The fourth-order valence-corrected chi connectivity index (χ4v) is 5.81. The van der Waals surface area contributed by atoms with E-state index in [1.165, 1.54) is 38.8 Å². The Labute approximate surface area is 148 Å². The van der Waals surface area contributed by atoms with E-state index in [0.29, 0.717) is 25.3 Å². The first-order valence-corrected chi connectivity index (χ1v) is 10.1. The minimum Gasteiger partial charge on any atom is -0.395 e. The lowest BCUT2D eigenvalue weighted by atomic mass is 9.88. The Morgan fingerprint density at radius 1 is 0.708 bits per heavy atom. The van der Waals surface area contributed by atoms with Crippen molar-refractivity contribution < 1.29 is 10.2 Å². The summed E-state index contributed by atoms with van der Waals surface area (Å²) in [6.45, 7) is 7.70. The maximum absolute atomic E-state index is 9.26. The molecule has 4 aliphatic rings. The predicted octanol–water partition coefficient (Wildman–Crippen LogP) is 1.91. The summed E-state index contributed by atoms with van der Waals surface area (Å²) < 4.78 is 0. The second kappa shape index (κ2) is 7.61. The third-order valence-corrected chi connectivity index (χ3v) is 7.19. The van der Waals surface area contributed by atoms with Crippen LogP contribution in [0.1, 0.15) is 39.5 Å². The van der Waals surface area contributed by atoms with Crippen LogP contribution in [0.2, 0.25) is 0 Å². The van der Waals surface area contributed by atoms with E-state index in [0.717, 1.165) is 35.5 Å². The largest absolute Gasteiger partial charge is 0.395 e. The minimum atomic E-state index is 0.349. The standard InChI is InChI=1S/2C10H19NO/c2*1-7-5-11(2)9(6-12)10(7)8-3-4-8/h2*7-10,12H,3-6H2,1-2H3/t7?,9-,10+;7-,9?,10+/m00/s1. The second-order valence-corrected chi connectivity index (χ2v) is 9.16. The molecule has 2 N–H and O–H groups in total. The van der Waals surface area contributed by atoms with Crippen LogP contribution in [0.15, 0.2) is 0 Å². The molecule has 0 bridgehead atoms. The van der Waals surface area contributed by atoms with Crippen molar-refractivity contribution in [1.29, 1.82) is 0 Å². The molecule has 4 nitrogen and oxygen atoms in total. The molecule has 24 heavy (non-hydrogen) atoms. The molecule has 140 valence electrons. The van der Waals surface area contributed by atoms with Crippen LogP contribution in [0, 0.1) is 35.5 Å². The fraction of sp³-hybridized carbons (Fsp3) is 1.00. The zero-order valence-electron chi connectivity index (χ0n) is 16.1. The molecule has 0 aromatic rings. The summed E-state index contributed by atoms with van der Waals surface area (Å²) in [6.07, 6.45) is 5.61. The Bertz CT molecular complexity index is 372. The van der Waals surface area contributed by atoms with Crippen LogP contribution in [0.5, 0.6) is 0 Å². The van der Waals surface area contributed by atoms with Crippen LogP contribution < -0.4 is 0 Å². The zero-order valence-corrected chi connectivity index (χ0v) is 16.1. The van der Waals surface area contributed by atoms with Gasteiger partial charge < -0.3 is 20.0 Å². The molecular formula is C20H38N2O2. The molecule has 4 fully saturated rings. The van der Waals surface area contributed by atoms with Crippen molar-refractivity contribution in [2.75, 3.05) is 40.4 Å². The summed E-state index contributed by atoms with van der Waals surface area (Å²) in [5.41, 5.74) is 0. The van der Waals surface area contributed by atoms with Crippen molar-refractivity contribution in [2.45, 2.75) is 51.6 Å². The lowest BCUT2D eigenvalue weighted by Crippen LogP contribution is -2.33. The normalized spacial score (nSPS) is 43.8. The van der Waals surface area contributed by atoms with E-state index in [4.69, 9.17) is 0 Å². The number of likely N-dealkylation sites (tertiary alicyclic amines) is 2. The maximum Gasteiger partial charge on any atom is 0.0589 e. The predicted molar refractivity (Wildman–Crippen MR) is 97.8 cm³/mol. The van der Waals surface area contributed by atoms with Gasteiger partial charge in [-0.25, -0.2) is 0 Å².